The molecule has 24 heavy (non-hydrogen) atoms. The Kier molecular flexibility index (Phi) is 8.28. The minimum atomic E-state index is 0. The lowest BCUT2D eigenvalue weighted by Gasteiger charge is -2.33. The number of halogens is 2. The minimum Gasteiger partial charge on any atom is -0.379 e. The summed E-state index contributed by atoms with van der Waals surface area (Å²) in [5.74, 6) is 0.651. The van der Waals surface area contributed by atoms with E-state index in [0.717, 1.165) is 36.9 Å². The zero-order valence-electron chi connectivity index (χ0n) is 14.2. The number of morpholine rings is 1. The molecule has 1 heterocycles. The van der Waals surface area contributed by atoms with E-state index in [9.17, 15) is 0 Å². The molecule has 1 aromatic rings. The van der Waals surface area contributed by atoms with E-state index in [1.165, 1.54) is 19.3 Å². The number of hydrogen-bond donors (Lipinski definition) is 2. The van der Waals surface area contributed by atoms with Gasteiger partial charge in [-0.15, -0.1) is 12.4 Å². The summed E-state index contributed by atoms with van der Waals surface area (Å²) in [6.45, 7) is 3.48. The Morgan fingerprint density at radius 1 is 1.33 bits per heavy atom. The van der Waals surface area contributed by atoms with Crippen molar-refractivity contribution >= 4 is 24.0 Å². The summed E-state index contributed by atoms with van der Waals surface area (Å²) in [7, 11) is 1.77. The largest absolute Gasteiger partial charge is 0.379 e. The first-order valence-corrected chi connectivity index (χ1v) is 8.98. The molecule has 0 bridgehead atoms. The molecule has 0 aromatic heterocycles. The summed E-state index contributed by atoms with van der Waals surface area (Å²) >= 11 is 5.97. The van der Waals surface area contributed by atoms with Gasteiger partial charge in [0.2, 0.25) is 0 Å². The number of benzene rings is 1. The Bertz CT molecular complexity index is 480. The molecule has 1 aliphatic heterocycles. The molecule has 1 aromatic carbocycles. The van der Waals surface area contributed by atoms with Crippen molar-refractivity contribution in [2.75, 3.05) is 33.4 Å². The molecular weight excluding hydrogens is 347 g/mol. The fourth-order valence-electron chi connectivity index (χ4n) is 3.86. The van der Waals surface area contributed by atoms with Gasteiger partial charge >= 0.3 is 0 Å². The molecule has 2 fully saturated rings. The van der Waals surface area contributed by atoms with Gasteiger partial charge in [0, 0.05) is 37.3 Å². The lowest BCUT2D eigenvalue weighted by Crippen LogP contribution is -2.51. The van der Waals surface area contributed by atoms with Crippen LogP contribution in [0.2, 0.25) is 5.02 Å². The van der Waals surface area contributed by atoms with Gasteiger partial charge in [-0.25, -0.2) is 0 Å². The molecule has 1 aliphatic carbocycles. The minimum absolute atomic E-state index is 0. The second-order valence-corrected chi connectivity index (χ2v) is 6.96. The Morgan fingerprint density at radius 3 is 2.79 bits per heavy atom. The summed E-state index contributed by atoms with van der Waals surface area (Å²) in [6, 6.07) is 8.95. The second kappa shape index (κ2) is 9.95. The van der Waals surface area contributed by atoms with Crippen LogP contribution in [0.25, 0.3) is 0 Å². The Hall–Kier alpha value is -0.360. The maximum Gasteiger partial charge on any atom is 0.0945 e. The summed E-state index contributed by atoms with van der Waals surface area (Å²) in [4.78, 5) is 0. The molecule has 0 radical (unpaired) electrons. The lowest BCUT2D eigenvalue weighted by molar-refractivity contribution is 0.0496. The van der Waals surface area contributed by atoms with Crippen molar-refractivity contribution in [1.82, 2.24) is 10.6 Å². The first kappa shape index (κ1) is 20.0. The third-order valence-corrected chi connectivity index (χ3v) is 5.38. The molecule has 1 saturated heterocycles. The highest BCUT2D eigenvalue weighted by molar-refractivity contribution is 6.30. The van der Waals surface area contributed by atoms with E-state index in [4.69, 9.17) is 21.1 Å². The van der Waals surface area contributed by atoms with Gasteiger partial charge in [0.25, 0.3) is 0 Å². The molecule has 0 spiro atoms. The standard InChI is InChI=1S/C18H27ClN2O2.ClH/c1-22-18(13-5-7-14(19)8-6-13)11-21-16-4-2-3-15(16)17-12-23-10-9-20-17;/h5-8,15-18,20-21H,2-4,9-12H2,1H3;1H. The van der Waals surface area contributed by atoms with Crippen LogP contribution in [0.15, 0.2) is 24.3 Å². The maximum atomic E-state index is 5.97. The number of ether oxygens (including phenoxy) is 2. The number of rotatable bonds is 6. The van der Waals surface area contributed by atoms with E-state index in [1.54, 1.807) is 7.11 Å². The molecule has 2 aliphatic rings. The van der Waals surface area contributed by atoms with Crippen LogP contribution >= 0.6 is 24.0 Å². The van der Waals surface area contributed by atoms with Crippen molar-refractivity contribution in [3.8, 4) is 0 Å². The van der Waals surface area contributed by atoms with Crippen molar-refractivity contribution in [3.05, 3.63) is 34.9 Å². The highest BCUT2D eigenvalue weighted by Crippen LogP contribution is 2.30. The third kappa shape index (κ3) is 5.07. The van der Waals surface area contributed by atoms with Crippen molar-refractivity contribution in [2.45, 2.75) is 37.5 Å². The predicted octanol–water partition coefficient (Wildman–Crippen LogP) is 3.20. The van der Waals surface area contributed by atoms with Gasteiger partial charge in [0.15, 0.2) is 0 Å². The third-order valence-electron chi connectivity index (χ3n) is 5.13. The summed E-state index contributed by atoms with van der Waals surface area (Å²) < 4.78 is 11.3. The van der Waals surface area contributed by atoms with Gasteiger partial charge in [0.05, 0.1) is 19.3 Å². The zero-order valence-corrected chi connectivity index (χ0v) is 15.7. The van der Waals surface area contributed by atoms with Crippen LogP contribution in [-0.2, 0) is 9.47 Å². The van der Waals surface area contributed by atoms with E-state index in [-0.39, 0.29) is 18.5 Å². The van der Waals surface area contributed by atoms with Gasteiger partial charge in [-0.3, -0.25) is 0 Å². The number of methoxy groups -OCH3 is 1. The van der Waals surface area contributed by atoms with E-state index in [1.807, 2.05) is 24.3 Å². The topological polar surface area (TPSA) is 42.5 Å². The molecule has 1 saturated carbocycles. The molecule has 136 valence electrons. The monoisotopic (exact) mass is 374 g/mol. The van der Waals surface area contributed by atoms with Crippen LogP contribution in [0.4, 0.5) is 0 Å². The van der Waals surface area contributed by atoms with Crippen LogP contribution in [-0.4, -0.2) is 45.5 Å². The summed E-state index contributed by atoms with van der Waals surface area (Å²) in [6.07, 6.45) is 3.86. The Balaban J connectivity index is 0.00000208. The van der Waals surface area contributed by atoms with Crippen LogP contribution in [0.5, 0.6) is 0 Å². The first-order valence-electron chi connectivity index (χ1n) is 8.60. The number of hydrogen-bond acceptors (Lipinski definition) is 4. The lowest BCUT2D eigenvalue weighted by atomic mass is 9.93. The first-order chi connectivity index (χ1) is 11.3. The molecule has 2 N–H and O–H groups in total. The fraction of sp³-hybridized carbons (Fsp3) is 0.667. The fourth-order valence-corrected chi connectivity index (χ4v) is 3.98. The van der Waals surface area contributed by atoms with Gasteiger partial charge in [0.1, 0.15) is 0 Å². The van der Waals surface area contributed by atoms with E-state index >= 15 is 0 Å². The van der Waals surface area contributed by atoms with Gasteiger partial charge < -0.3 is 20.1 Å². The predicted molar refractivity (Wildman–Crippen MR) is 100 cm³/mol. The van der Waals surface area contributed by atoms with Crippen LogP contribution in [0.3, 0.4) is 0 Å². The highest BCUT2D eigenvalue weighted by atomic mass is 35.5. The SMILES string of the molecule is COC(CNC1CCCC1C1COCCN1)c1ccc(Cl)cc1.Cl. The van der Waals surface area contributed by atoms with Crippen LogP contribution in [0, 0.1) is 5.92 Å². The number of nitrogens with one attached hydrogen (secondary N) is 2. The van der Waals surface area contributed by atoms with Crippen LogP contribution < -0.4 is 10.6 Å². The van der Waals surface area contributed by atoms with Gasteiger partial charge in [-0.05, 0) is 36.5 Å². The van der Waals surface area contributed by atoms with Gasteiger partial charge in [-0.1, -0.05) is 30.2 Å². The van der Waals surface area contributed by atoms with Crippen molar-refractivity contribution < 1.29 is 9.47 Å². The molecule has 0 amide bonds. The quantitative estimate of drug-likeness (QED) is 0.802. The summed E-state index contributed by atoms with van der Waals surface area (Å²) in [5, 5.41) is 8.12. The van der Waals surface area contributed by atoms with Crippen molar-refractivity contribution in [1.29, 1.82) is 0 Å². The van der Waals surface area contributed by atoms with E-state index < -0.39 is 0 Å². The molecule has 4 atom stereocenters. The maximum absolute atomic E-state index is 5.97. The second-order valence-electron chi connectivity index (χ2n) is 6.52. The van der Waals surface area contributed by atoms with E-state index in [0.29, 0.717) is 18.0 Å². The molecule has 6 heteroatoms. The van der Waals surface area contributed by atoms with Gasteiger partial charge in [-0.2, -0.15) is 0 Å². The molecule has 4 unspecified atom stereocenters. The van der Waals surface area contributed by atoms with Crippen LogP contribution in [0.1, 0.15) is 30.9 Å². The average Bonchev–Trinajstić information content (AvgIpc) is 3.06. The Morgan fingerprint density at radius 2 is 2.12 bits per heavy atom. The summed E-state index contributed by atoms with van der Waals surface area (Å²) in [5.41, 5.74) is 1.16. The molecule has 3 rings (SSSR count). The van der Waals surface area contributed by atoms with Crippen molar-refractivity contribution in [2.24, 2.45) is 5.92 Å². The van der Waals surface area contributed by atoms with Crippen molar-refractivity contribution in [3.63, 3.8) is 0 Å². The molecular formula is C18H28Cl2N2O2. The highest BCUT2D eigenvalue weighted by Gasteiger charge is 2.34. The smallest absolute Gasteiger partial charge is 0.0945 e. The average molecular weight is 375 g/mol. The normalized spacial score (nSPS) is 28.3. The molecule has 4 nitrogen and oxygen atoms in total. The Labute approximate surface area is 156 Å². The zero-order chi connectivity index (χ0) is 16.1. The van der Waals surface area contributed by atoms with E-state index in [2.05, 4.69) is 10.6 Å².